The van der Waals surface area contributed by atoms with Crippen LogP contribution in [0, 0.1) is 0 Å². The fourth-order valence-corrected chi connectivity index (χ4v) is 3.08. The molecule has 0 fully saturated rings. The van der Waals surface area contributed by atoms with Crippen molar-refractivity contribution in [1.29, 1.82) is 0 Å². The molecule has 0 spiro atoms. The minimum absolute atomic E-state index is 0.0380. The Hall–Kier alpha value is -2.89. The highest BCUT2D eigenvalue weighted by molar-refractivity contribution is 5.74. The number of carbonyl (C=O) groups is 1. The van der Waals surface area contributed by atoms with Gasteiger partial charge in [-0.1, -0.05) is 18.2 Å². The quantitative estimate of drug-likeness (QED) is 0.835. The zero-order chi connectivity index (χ0) is 18.5. The van der Waals surface area contributed by atoms with Gasteiger partial charge in [0, 0.05) is 18.1 Å². The average molecular weight is 356 g/mol. The molecule has 0 aliphatic carbocycles. The molecular weight excluding hydrogens is 332 g/mol. The molecule has 1 aliphatic rings. The largest absolute Gasteiger partial charge is 0.497 e. The second-order valence-electron chi connectivity index (χ2n) is 6.24. The van der Waals surface area contributed by atoms with Crippen molar-refractivity contribution in [3.8, 4) is 17.2 Å². The van der Waals surface area contributed by atoms with E-state index < -0.39 is 0 Å². The lowest BCUT2D eigenvalue weighted by Crippen LogP contribution is -2.41. The van der Waals surface area contributed by atoms with Crippen molar-refractivity contribution in [2.45, 2.75) is 25.5 Å². The topological polar surface area (TPSA) is 68.8 Å². The SMILES string of the molecule is COc1ccc([C@H](C)NC(=O)NC[C@@H]2Cc3ccccc3O2)c(OC)c1. The average Bonchev–Trinajstić information content (AvgIpc) is 3.08. The monoisotopic (exact) mass is 356 g/mol. The van der Waals surface area contributed by atoms with Crippen LogP contribution in [0.3, 0.4) is 0 Å². The number of nitrogens with one attached hydrogen (secondary N) is 2. The van der Waals surface area contributed by atoms with Gasteiger partial charge in [-0.25, -0.2) is 4.79 Å². The fourth-order valence-electron chi connectivity index (χ4n) is 3.08. The first-order valence-electron chi connectivity index (χ1n) is 8.61. The normalized spacial score (nSPS) is 16.2. The van der Waals surface area contributed by atoms with E-state index in [9.17, 15) is 4.79 Å². The number of urea groups is 1. The van der Waals surface area contributed by atoms with Gasteiger partial charge in [-0.15, -0.1) is 0 Å². The molecule has 2 amide bonds. The standard InChI is InChI=1S/C20H24N2O4/c1-13(17-9-8-15(24-2)11-19(17)25-3)22-20(23)21-12-16-10-14-6-4-5-7-18(14)26-16/h4-9,11,13,16H,10,12H2,1-3H3,(H2,21,22,23)/t13-,16-/m0/s1. The van der Waals surface area contributed by atoms with Gasteiger partial charge in [0.05, 0.1) is 26.8 Å². The molecule has 2 atom stereocenters. The summed E-state index contributed by atoms with van der Waals surface area (Å²) < 4.78 is 16.4. The van der Waals surface area contributed by atoms with Crippen LogP contribution < -0.4 is 24.8 Å². The molecule has 2 N–H and O–H groups in total. The molecule has 26 heavy (non-hydrogen) atoms. The van der Waals surface area contributed by atoms with Crippen molar-refractivity contribution >= 4 is 6.03 Å². The maximum Gasteiger partial charge on any atom is 0.315 e. The van der Waals surface area contributed by atoms with Crippen molar-refractivity contribution in [2.75, 3.05) is 20.8 Å². The Labute approximate surface area is 153 Å². The minimum Gasteiger partial charge on any atom is -0.497 e. The number of rotatable bonds is 6. The first kappa shape index (κ1) is 17.9. The zero-order valence-electron chi connectivity index (χ0n) is 15.2. The highest BCUT2D eigenvalue weighted by Gasteiger charge is 2.23. The summed E-state index contributed by atoms with van der Waals surface area (Å²) in [6.45, 7) is 2.36. The summed E-state index contributed by atoms with van der Waals surface area (Å²) in [5, 5.41) is 5.81. The molecule has 1 aliphatic heterocycles. The summed E-state index contributed by atoms with van der Waals surface area (Å²) in [7, 11) is 3.20. The van der Waals surface area contributed by atoms with E-state index in [-0.39, 0.29) is 18.2 Å². The van der Waals surface area contributed by atoms with Crippen LogP contribution in [0.1, 0.15) is 24.1 Å². The summed E-state index contributed by atoms with van der Waals surface area (Å²) in [6, 6.07) is 13.0. The third-order valence-electron chi connectivity index (χ3n) is 4.46. The Morgan fingerprint density at radius 3 is 2.77 bits per heavy atom. The number of fused-ring (bicyclic) bond motifs is 1. The predicted octanol–water partition coefficient (Wildman–Crippen LogP) is 3.07. The molecule has 2 aromatic carbocycles. The van der Waals surface area contributed by atoms with E-state index in [1.165, 1.54) is 5.56 Å². The van der Waals surface area contributed by atoms with Crippen LogP contribution in [0.5, 0.6) is 17.2 Å². The van der Waals surface area contributed by atoms with Crippen LogP contribution in [-0.4, -0.2) is 32.9 Å². The Morgan fingerprint density at radius 2 is 2.04 bits per heavy atom. The second kappa shape index (κ2) is 7.99. The number of para-hydroxylation sites is 1. The minimum atomic E-state index is -0.241. The lowest BCUT2D eigenvalue weighted by atomic mass is 10.1. The molecule has 6 heteroatoms. The van der Waals surface area contributed by atoms with Gasteiger partial charge in [-0.2, -0.15) is 0 Å². The van der Waals surface area contributed by atoms with Crippen LogP contribution >= 0.6 is 0 Å². The molecule has 2 aromatic rings. The van der Waals surface area contributed by atoms with Crippen LogP contribution in [0.2, 0.25) is 0 Å². The Balaban J connectivity index is 1.52. The van der Waals surface area contributed by atoms with Crippen LogP contribution in [-0.2, 0) is 6.42 Å². The summed E-state index contributed by atoms with van der Waals surface area (Å²) >= 11 is 0. The second-order valence-corrected chi connectivity index (χ2v) is 6.24. The predicted molar refractivity (Wildman–Crippen MR) is 99.1 cm³/mol. The third-order valence-corrected chi connectivity index (χ3v) is 4.46. The van der Waals surface area contributed by atoms with Gasteiger partial charge in [-0.3, -0.25) is 0 Å². The van der Waals surface area contributed by atoms with Gasteiger partial charge in [0.1, 0.15) is 23.4 Å². The van der Waals surface area contributed by atoms with Gasteiger partial charge >= 0.3 is 6.03 Å². The smallest absolute Gasteiger partial charge is 0.315 e. The van der Waals surface area contributed by atoms with Gasteiger partial charge in [0.15, 0.2) is 0 Å². The van der Waals surface area contributed by atoms with Gasteiger partial charge in [-0.05, 0) is 30.7 Å². The van der Waals surface area contributed by atoms with Crippen LogP contribution in [0.25, 0.3) is 0 Å². The van der Waals surface area contributed by atoms with Crippen LogP contribution in [0.15, 0.2) is 42.5 Å². The molecule has 138 valence electrons. The number of hydrogen-bond acceptors (Lipinski definition) is 4. The molecule has 1 heterocycles. The zero-order valence-corrected chi connectivity index (χ0v) is 15.2. The maximum absolute atomic E-state index is 12.2. The number of methoxy groups -OCH3 is 2. The molecule has 3 rings (SSSR count). The molecule has 0 saturated carbocycles. The summed E-state index contributed by atoms with van der Waals surface area (Å²) in [6.07, 6.45) is 0.766. The van der Waals surface area contributed by atoms with Gasteiger partial charge in [0.25, 0.3) is 0 Å². The van der Waals surface area contributed by atoms with E-state index in [0.29, 0.717) is 18.0 Å². The number of amides is 2. The lowest BCUT2D eigenvalue weighted by Gasteiger charge is -2.19. The van der Waals surface area contributed by atoms with Crippen molar-refractivity contribution in [3.05, 3.63) is 53.6 Å². The fraction of sp³-hybridized carbons (Fsp3) is 0.350. The number of benzene rings is 2. The molecular formula is C20H24N2O4. The van der Waals surface area contributed by atoms with Gasteiger partial charge in [0.2, 0.25) is 0 Å². The molecule has 0 saturated heterocycles. The van der Waals surface area contributed by atoms with Crippen molar-refractivity contribution in [2.24, 2.45) is 0 Å². The highest BCUT2D eigenvalue weighted by Crippen LogP contribution is 2.29. The number of ether oxygens (including phenoxy) is 3. The summed E-state index contributed by atoms with van der Waals surface area (Å²) in [5.41, 5.74) is 2.06. The first-order chi connectivity index (χ1) is 12.6. The molecule has 0 aromatic heterocycles. The van der Waals surface area contributed by atoms with Crippen molar-refractivity contribution < 1.29 is 19.0 Å². The van der Waals surface area contributed by atoms with E-state index >= 15 is 0 Å². The van der Waals surface area contributed by atoms with E-state index in [4.69, 9.17) is 14.2 Å². The van der Waals surface area contributed by atoms with Crippen LogP contribution in [0.4, 0.5) is 4.79 Å². The van der Waals surface area contributed by atoms with Crippen molar-refractivity contribution in [1.82, 2.24) is 10.6 Å². The molecule has 0 bridgehead atoms. The van der Waals surface area contributed by atoms with Crippen molar-refractivity contribution in [3.63, 3.8) is 0 Å². The van der Waals surface area contributed by atoms with E-state index in [0.717, 1.165) is 17.7 Å². The Kier molecular flexibility index (Phi) is 5.51. The summed E-state index contributed by atoms with van der Waals surface area (Å²) in [4.78, 5) is 12.2. The third kappa shape index (κ3) is 4.02. The van der Waals surface area contributed by atoms with E-state index in [1.807, 2.05) is 43.3 Å². The highest BCUT2D eigenvalue weighted by atomic mass is 16.5. The maximum atomic E-state index is 12.2. The lowest BCUT2D eigenvalue weighted by molar-refractivity contribution is 0.212. The number of carbonyl (C=O) groups excluding carboxylic acids is 1. The molecule has 0 radical (unpaired) electrons. The first-order valence-corrected chi connectivity index (χ1v) is 8.61. The summed E-state index contributed by atoms with van der Waals surface area (Å²) in [5.74, 6) is 2.28. The van der Waals surface area contributed by atoms with E-state index in [2.05, 4.69) is 10.6 Å². The molecule has 0 unspecified atom stereocenters. The molecule has 6 nitrogen and oxygen atoms in total. The Bertz CT molecular complexity index is 753. The number of hydrogen-bond donors (Lipinski definition) is 2. The van der Waals surface area contributed by atoms with Gasteiger partial charge < -0.3 is 24.8 Å². The Morgan fingerprint density at radius 1 is 1.23 bits per heavy atom. The van der Waals surface area contributed by atoms with E-state index in [1.54, 1.807) is 20.3 Å².